The van der Waals surface area contributed by atoms with Gasteiger partial charge in [-0.2, -0.15) is 0 Å². The summed E-state index contributed by atoms with van der Waals surface area (Å²) in [5, 5.41) is 0. The van der Waals surface area contributed by atoms with Crippen LogP contribution in [0.4, 0.5) is 0 Å². The maximum atomic E-state index is 5.55. The van der Waals surface area contributed by atoms with Crippen LogP contribution in [-0.4, -0.2) is 56.6 Å². The largest absolute Gasteiger partial charge is 0.330 e. The first-order valence-corrected chi connectivity index (χ1v) is 7.19. The van der Waals surface area contributed by atoms with Crippen molar-refractivity contribution in [2.24, 2.45) is 17.6 Å². The molecule has 1 aliphatic heterocycles. The monoisotopic (exact) mass is 241 g/mol. The molecule has 0 aromatic heterocycles. The van der Waals surface area contributed by atoms with Crippen molar-refractivity contribution in [3.8, 4) is 0 Å². The van der Waals surface area contributed by atoms with Crippen molar-refractivity contribution < 1.29 is 0 Å². The molecule has 0 spiro atoms. The Labute approximate surface area is 107 Å². The number of hydrogen-bond acceptors (Lipinski definition) is 3. The molecular formula is C14H31N3. The van der Waals surface area contributed by atoms with E-state index in [1.807, 2.05) is 0 Å². The van der Waals surface area contributed by atoms with Gasteiger partial charge in [0.05, 0.1) is 0 Å². The lowest BCUT2D eigenvalue weighted by Crippen LogP contribution is -2.37. The first-order chi connectivity index (χ1) is 8.11. The second-order valence-corrected chi connectivity index (χ2v) is 6.00. The van der Waals surface area contributed by atoms with Crippen LogP contribution >= 0.6 is 0 Å². The fourth-order valence-electron chi connectivity index (χ4n) is 2.85. The van der Waals surface area contributed by atoms with Gasteiger partial charge in [-0.25, -0.2) is 0 Å². The van der Waals surface area contributed by atoms with E-state index in [1.54, 1.807) is 0 Å². The van der Waals surface area contributed by atoms with Gasteiger partial charge in [0, 0.05) is 13.1 Å². The summed E-state index contributed by atoms with van der Waals surface area (Å²) < 4.78 is 0. The molecule has 0 aliphatic carbocycles. The molecule has 102 valence electrons. The summed E-state index contributed by atoms with van der Waals surface area (Å²) in [6.07, 6.45) is 5.19. The standard InChI is InChI=1S/C14H31N3/c1-13(5-4-8-15)11-17(3)12-14-6-9-16(2)10-7-14/h13-14H,4-12,15H2,1-3H3. The highest BCUT2D eigenvalue weighted by atomic mass is 15.1. The SMILES string of the molecule is CC(CCCN)CN(C)CC1CCN(C)CC1. The molecular weight excluding hydrogens is 210 g/mol. The smallest absolute Gasteiger partial charge is 0.000767 e. The average Bonchev–Trinajstić information content (AvgIpc) is 2.29. The zero-order valence-electron chi connectivity index (χ0n) is 12.0. The molecule has 17 heavy (non-hydrogen) atoms. The lowest BCUT2D eigenvalue weighted by Gasteiger charge is -2.32. The molecule has 1 unspecified atom stereocenters. The Morgan fingerprint density at radius 2 is 2.00 bits per heavy atom. The molecule has 1 heterocycles. The molecule has 3 nitrogen and oxygen atoms in total. The van der Waals surface area contributed by atoms with E-state index in [0.717, 1.165) is 18.4 Å². The van der Waals surface area contributed by atoms with Gasteiger partial charge in [0.1, 0.15) is 0 Å². The number of likely N-dealkylation sites (tertiary alicyclic amines) is 1. The van der Waals surface area contributed by atoms with E-state index < -0.39 is 0 Å². The summed E-state index contributed by atoms with van der Waals surface area (Å²) in [5.41, 5.74) is 5.55. The van der Waals surface area contributed by atoms with E-state index >= 15 is 0 Å². The van der Waals surface area contributed by atoms with Crippen LogP contribution in [0.5, 0.6) is 0 Å². The Hall–Kier alpha value is -0.120. The van der Waals surface area contributed by atoms with Crippen molar-refractivity contribution in [3.05, 3.63) is 0 Å². The zero-order valence-corrected chi connectivity index (χ0v) is 12.0. The summed E-state index contributed by atoms with van der Waals surface area (Å²) >= 11 is 0. The highest BCUT2D eigenvalue weighted by Gasteiger charge is 2.18. The van der Waals surface area contributed by atoms with E-state index in [1.165, 1.54) is 51.9 Å². The molecule has 1 aliphatic rings. The second kappa shape index (κ2) is 8.06. The predicted molar refractivity (Wildman–Crippen MR) is 75.2 cm³/mol. The van der Waals surface area contributed by atoms with Gasteiger partial charge < -0.3 is 15.5 Å². The first-order valence-electron chi connectivity index (χ1n) is 7.19. The third-order valence-corrected chi connectivity index (χ3v) is 3.93. The Morgan fingerprint density at radius 3 is 2.59 bits per heavy atom. The van der Waals surface area contributed by atoms with E-state index in [0.29, 0.717) is 0 Å². The predicted octanol–water partition coefficient (Wildman–Crippen LogP) is 1.64. The minimum atomic E-state index is 0.787. The number of hydrogen-bond donors (Lipinski definition) is 1. The van der Waals surface area contributed by atoms with Gasteiger partial charge in [-0.05, 0) is 71.2 Å². The quantitative estimate of drug-likeness (QED) is 0.735. The van der Waals surface area contributed by atoms with Crippen LogP contribution in [0.2, 0.25) is 0 Å². The van der Waals surface area contributed by atoms with Crippen LogP contribution in [0.1, 0.15) is 32.6 Å². The third kappa shape index (κ3) is 6.39. The molecule has 0 radical (unpaired) electrons. The fraction of sp³-hybridized carbons (Fsp3) is 1.00. The maximum Gasteiger partial charge on any atom is 0.000767 e. The zero-order chi connectivity index (χ0) is 12.7. The summed E-state index contributed by atoms with van der Waals surface area (Å²) in [4.78, 5) is 4.97. The van der Waals surface area contributed by atoms with Crippen LogP contribution in [0, 0.1) is 11.8 Å². The van der Waals surface area contributed by atoms with Crippen LogP contribution in [0.3, 0.4) is 0 Å². The van der Waals surface area contributed by atoms with Gasteiger partial charge in [-0.3, -0.25) is 0 Å². The lowest BCUT2D eigenvalue weighted by atomic mass is 9.96. The molecule has 1 rings (SSSR count). The van der Waals surface area contributed by atoms with Crippen molar-refractivity contribution in [1.82, 2.24) is 9.80 Å². The Kier molecular flexibility index (Phi) is 7.09. The molecule has 0 aromatic carbocycles. The van der Waals surface area contributed by atoms with Gasteiger partial charge in [0.15, 0.2) is 0 Å². The molecule has 0 saturated carbocycles. The third-order valence-electron chi connectivity index (χ3n) is 3.93. The molecule has 3 heteroatoms. The highest BCUT2D eigenvalue weighted by Crippen LogP contribution is 2.17. The molecule has 2 N–H and O–H groups in total. The highest BCUT2D eigenvalue weighted by molar-refractivity contribution is 4.73. The van der Waals surface area contributed by atoms with E-state index in [-0.39, 0.29) is 0 Å². The van der Waals surface area contributed by atoms with Gasteiger partial charge >= 0.3 is 0 Å². The molecule has 0 aromatic rings. The summed E-state index contributed by atoms with van der Waals surface area (Å²) in [6.45, 7) is 8.25. The minimum Gasteiger partial charge on any atom is -0.330 e. The number of nitrogens with zero attached hydrogens (tertiary/aromatic N) is 2. The van der Waals surface area contributed by atoms with Gasteiger partial charge in [0.2, 0.25) is 0 Å². The van der Waals surface area contributed by atoms with Crippen molar-refractivity contribution in [2.45, 2.75) is 32.6 Å². The van der Waals surface area contributed by atoms with Gasteiger partial charge in [-0.1, -0.05) is 6.92 Å². The Morgan fingerprint density at radius 1 is 1.35 bits per heavy atom. The normalized spacial score (nSPS) is 21.0. The number of piperidine rings is 1. The van der Waals surface area contributed by atoms with Crippen molar-refractivity contribution in [3.63, 3.8) is 0 Å². The van der Waals surface area contributed by atoms with E-state index in [4.69, 9.17) is 5.73 Å². The number of rotatable bonds is 7. The topological polar surface area (TPSA) is 32.5 Å². The Balaban J connectivity index is 2.13. The van der Waals surface area contributed by atoms with Crippen LogP contribution < -0.4 is 5.73 Å². The molecule has 1 saturated heterocycles. The number of nitrogens with two attached hydrogens (primary N) is 1. The van der Waals surface area contributed by atoms with E-state index in [2.05, 4.69) is 30.8 Å². The van der Waals surface area contributed by atoms with Crippen LogP contribution in [0.25, 0.3) is 0 Å². The summed E-state index contributed by atoms with van der Waals surface area (Å²) in [6, 6.07) is 0. The van der Waals surface area contributed by atoms with Gasteiger partial charge in [-0.15, -0.1) is 0 Å². The first kappa shape index (κ1) is 14.9. The molecule has 1 fully saturated rings. The van der Waals surface area contributed by atoms with Crippen molar-refractivity contribution in [1.29, 1.82) is 0 Å². The van der Waals surface area contributed by atoms with Crippen molar-refractivity contribution in [2.75, 3.05) is 46.8 Å². The molecule has 0 amide bonds. The van der Waals surface area contributed by atoms with E-state index in [9.17, 15) is 0 Å². The molecule has 1 atom stereocenters. The minimum absolute atomic E-state index is 0.787. The molecule has 0 bridgehead atoms. The Bertz CT molecular complexity index is 188. The maximum absolute atomic E-state index is 5.55. The van der Waals surface area contributed by atoms with Gasteiger partial charge in [0.25, 0.3) is 0 Å². The fourth-order valence-corrected chi connectivity index (χ4v) is 2.85. The van der Waals surface area contributed by atoms with Crippen molar-refractivity contribution >= 4 is 0 Å². The second-order valence-electron chi connectivity index (χ2n) is 6.00. The average molecular weight is 241 g/mol. The lowest BCUT2D eigenvalue weighted by molar-refractivity contribution is 0.166. The van der Waals surface area contributed by atoms with Crippen LogP contribution in [0.15, 0.2) is 0 Å². The summed E-state index contributed by atoms with van der Waals surface area (Å²) in [7, 11) is 4.51. The summed E-state index contributed by atoms with van der Waals surface area (Å²) in [5.74, 6) is 1.70. The van der Waals surface area contributed by atoms with Crippen LogP contribution in [-0.2, 0) is 0 Å².